The molecule has 0 spiro atoms. The molecule has 102 valence electrons. The van der Waals surface area contributed by atoms with E-state index < -0.39 is 0 Å². The number of piperidine rings is 1. The number of aromatic nitrogens is 3. The van der Waals surface area contributed by atoms with Gasteiger partial charge in [0.1, 0.15) is 11.6 Å². The van der Waals surface area contributed by atoms with Crippen LogP contribution in [0.15, 0.2) is 0 Å². The standard InChI is InChI=1S/C13H25N5/c1-11-15-16-13(17(11)3)10-18-9-5-4-6-12(18)7-8-14-2/h12,14H,4-10H2,1-3H3. The lowest BCUT2D eigenvalue weighted by Gasteiger charge is -2.35. The van der Waals surface area contributed by atoms with E-state index in [2.05, 4.69) is 32.0 Å². The average molecular weight is 251 g/mol. The Labute approximate surface area is 110 Å². The fraction of sp³-hybridized carbons (Fsp3) is 0.846. The van der Waals surface area contributed by atoms with Gasteiger partial charge in [-0.2, -0.15) is 0 Å². The zero-order valence-corrected chi connectivity index (χ0v) is 11.8. The minimum atomic E-state index is 0.697. The molecule has 5 heteroatoms. The number of nitrogens with zero attached hydrogens (tertiary/aromatic N) is 4. The summed E-state index contributed by atoms with van der Waals surface area (Å²) in [5, 5.41) is 11.7. The van der Waals surface area contributed by atoms with Crippen LogP contribution in [0, 0.1) is 6.92 Å². The molecule has 1 atom stereocenters. The fourth-order valence-corrected chi connectivity index (χ4v) is 2.68. The zero-order valence-electron chi connectivity index (χ0n) is 11.8. The van der Waals surface area contributed by atoms with Crippen LogP contribution in [0.25, 0.3) is 0 Å². The maximum atomic E-state index is 4.28. The molecule has 18 heavy (non-hydrogen) atoms. The summed E-state index contributed by atoms with van der Waals surface area (Å²) < 4.78 is 2.10. The quantitative estimate of drug-likeness (QED) is 0.851. The second-order valence-corrected chi connectivity index (χ2v) is 5.23. The zero-order chi connectivity index (χ0) is 13.0. The average Bonchev–Trinajstić information content (AvgIpc) is 2.70. The van der Waals surface area contributed by atoms with Crippen LogP contribution in [0.2, 0.25) is 0 Å². The van der Waals surface area contributed by atoms with Gasteiger partial charge >= 0.3 is 0 Å². The first-order valence-corrected chi connectivity index (χ1v) is 6.96. The summed E-state index contributed by atoms with van der Waals surface area (Å²) >= 11 is 0. The Hall–Kier alpha value is -0.940. The lowest BCUT2D eigenvalue weighted by Crippen LogP contribution is -2.40. The van der Waals surface area contributed by atoms with E-state index in [1.165, 1.54) is 32.2 Å². The van der Waals surface area contributed by atoms with Gasteiger partial charge in [0.25, 0.3) is 0 Å². The van der Waals surface area contributed by atoms with E-state index in [0.717, 1.165) is 24.7 Å². The highest BCUT2D eigenvalue weighted by Crippen LogP contribution is 2.21. The molecule has 0 radical (unpaired) electrons. The Morgan fingerprint density at radius 3 is 2.83 bits per heavy atom. The SMILES string of the molecule is CNCCC1CCCCN1Cc1nnc(C)n1C. The molecular weight excluding hydrogens is 226 g/mol. The summed E-state index contributed by atoms with van der Waals surface area (Å²) in [4.78, 5) is 2.57. The summed E-state index contributed by atoms with van der Waals surface area (Å²) in [6, 6.07) is 0.697. The normalized spacial score (nSPS) is 21.4. The molecular formula is C13H25N5. The first kappa shape index (κ1) is 13.5. The van der Waals surface area contributed by atoms with E-state index in [0.29, 0.717) is 6.04 Å². The number of aryl methyl sites for hydroxylation is 1. The van der Waals surface area contributed by atoms with Crippen molar-refractivity contribution in [3.63, 3.8) is 0 Å². The lowest BCUT2D eigenvalue weighted by atomic mass is 9.99. The van der Waals surface area contributed by atoms with Crippen LogP contribution in [0.3, 0.4) is 0 Å². The molecule has 0 amide bonds. The van der Waals surface area contributed by atoms with Crippen molar-refractivity contribution in [2.24, 2.45) is 7.05 Å². The van der Waals surface area contributed by atoms with Gasteiger partial charge in [-0.25, -0.2) is 0 Å². The molecule has 1 saturated heterocycles. The molecule has 1 N–H and O–H groups in total. The van der Waals surface area contributed by atoms with Gasteiger partial charge < -0.3 is 9.88 Å². The lowest BCUT2D eigenvalue weighted by molar-refractivity contribution is 0.128. The van der Waals surface area contributed by atoms with Gasteiger partial charge in [-0.05, 0) is 46.3 Å². The van der Waals surface area contributed by atoms with Gasteiger partial charge in [-0.1, -0.05) is 6.42 Å². The van der Waals surface area contributed by atoms with Crippen LogP contribution < -0.4 is 5.32 Å². The predicted octanol–water partition coefficient (Wildman–Crippen LogP) is 1.09. The van der Waals surface area contributed by atoms with E-state index in [9.17, 15) is 0 Å². The Morgan fingerprint density at radius 2 is 2.17 bits per heavy atom. The third kappa shape index (κ3) is 3.09. The molecule has 1 aromatic heterocycles. The second-order valence-electron chi connectivity index (χ2n) is 5.23. The Morgan fingerprint density at radius 1 is 1.33 bits per heavy atom. The molecule has 0 bridgehead atoms. The molecule has 1 fully saturated rings. The molecule has 5 nitrogen and oxygen atoms in total. The summed E-state index contributed by atoms with van der Waals surface area (Å²) in [5.74, 6) is 2.08. The first-order chi connectivity index (χ1) is 8.72. The van der Waals surface area contributed by atoms with Crippen LogP contribution in [0.5, 0.6) is 0 Å². The number of hydrogen-bond donors (Lipinski definition) is 1. The predicted molar refractivity (Wildman–Crippen MR) is 72.3 cm³/mol. The van der Waals surface area contributed by atoms with E-state index in [4.69, 9.17) is 0 Å². The Bertz CT molecular complexity index is 373. The van der Waals surface area contributed by atoms with Crippen molar-refractivity contribution in [1.29, 1.82) is 0 Å². The highest BCUT2D eigenvalue weighted by molar-refractivity contribution is 4.94. The molecule has 0 saturated carbocycles. The number of nitrogens with one attached hydrogen (secondary N) is 1. The molecule has 2 rings (SSSR count). The molecule has 0 aromatic carbocycles. The molecule has 1 aliphatic rings. The summed E-state index contributed by atoms with van der Waals surface area (Å²) in [7, 11) is 4.08. The van der Waals surface area contributed by atoms with Crippen molar-refractivity contribution in [2.75, 3.05) is 20.1 Å². The van der Waals surface area contributed by atoms with Crippen LogP contribution in [0.1, 0.15) is 37.3 Å². The molecule has 1 unspecified atom stereocenters. The van der Waals surface area contributed by atoms with Crippen LogP contribution in [-0.4, -0.2) is 45.8 Å². The van der Waals surface area contributed by atoms with E-state index in [1.807, 2.05) is 14.0 Å². The van der Waals surface area contributed by atoms with Crippen molar-refractivity contribution in [3.05, 3.63) is 11.6 Å². The van der Waals surface area contributed by atoms with Crippen molar-refractivity contribution in [2.45, 2.75) is 45.2 Å². The summed E-state index contributed by atoms with van der Waals surface area (Å²) in [6.45, 7) is 5.23. The largest absolute Gasteiger partial charge is 0.320 e. The van der Waals surface area contributed by atoms with Gasteiger partial charge in [0.05, 0.1) is 6.54 Å². The number of likely N-dealkylation sites (tertiary alicyclic amines) is 1. The van der Waals surface area contributed by atoms with Crippen LogP contribution in [0.4, 0.5) is 0 Å². The number of hydrogen-bond acceptors (Lipinski definition) is 4. The summed E-state index contributed by atoms with van der Waals surface area (Å²) in [6.07, 6.45) is 5.22. The van der Waals surface area contributed by atoms with E-state index >= 15 is 0 Å². The minimum absolute atomic E-state index is 0.697. The molecule has 2 heterocycles. The Kier molecular flexibility index (Phi) is 4.72. The summed E-state index contributed by atoms with van der Waals surface area (Å²) in [5.41, 5.74) is 0. The highest BCUT2D eigenvalue weighted by Gasteiger charge is 2.23. The molecule has 1 aliphatic heterocycles. The third-order valence-electron chi connectivity index (χ3n) is 4.00. The first-order valence-electron chi connectivity index (χ1n) is 6.96. The van der Waals surface area contributed by atoms with Crippen LogP contribution in [-0.2, 0) is 13.6 Å². The molecule has 1 aromatic rings. The van der Waals surface area contributed by atoms with Gasteiger partial charge in [-0.3, -0.25) is 4.90 Å². The second kappa shape index (κ2) is 6.29. The maximum absolute atomic E-state index is 4.28. The van der Waals surface area contributed by atoms with Crippen molar-refractivity contribution < 1.29 is 0 Å². The van der Waals surface area contributed by atoms with Gasteiger partial charge in [0.15, 0.2) is 0 Å². The van der Waals surface area contributed by atoms with Crippen LogP contribution >= 0.6 is 0 Å². The van der Waals surface area contributed by atoms with Crippen molar-refractivity contribution >= 4 is 0 Å². The fourth-order valence-electron chi connectivity index (χ4n) is 2.68. The van der Waals surface area contributed by atoms with Gasteiger partial charge in [0, 0.05) is 13.1 Å². The molecule has 0 aliphatic carbocycles. The smallest absolute Gasteiger partial charge is 0.146 e. The van der Waals surface area contributed by atoms with Crippen molar-refractivity contribution in [1.82, 2.24) is 25.0 Å². The highest BCUT2D eigenvalue weighted by atomic mass is 15.3. The monoisotopic (exact) mass is 251 g/mol. The van der Waals surface area contributed by atoms with Gasteiger partial charge in [0.2, 0.25) is 0 Å². The minimum Gasteiger partial charge on any atom is -0.320 e. The number of rotatable bonds is 5. The topological polar surface area (TPSA) is 46.0 Å². The van der Waals surface area contributed by atoms with E-state index in [1.54, 1.807) is 0 Å². The van der Waals surface area contributed by atoms with Gasteiger partial charge in [-0.15, -0.1) is 10.2 Å². The Balaban J connectivity index is 1.98. The third-order valence-corrected chi connectivity index (χ3v) is 4.00. The maximum Gasteiger partial charge on any atom is 0.146 e. The van der Waals surface area contributed by atoms with E-state index in [-0.39, 0.29) is 0 Å². The van der Waals surface area contributed by atoms with Crippen molar-refractivity contribution in [3.8, 4) is 0 Å².